The number of aliphatic hydroxyl groups excluding tert-OH is 1. The standard InChI is InChI=1S/C14H11F3N4O2S/c15-14(16,17)9-3-1-8(2-4-9)10(22)5-24-21-7-20-11-12(21)18-6-19-13(11)23/h1-4,6-7,10,22H,5H2,(H,18,19,23). The Balaban J connectivity index is 1.72. The molecule has 1 unspecified atom stereocenters. The maximum Gasteiger partial charge on any atom is 0.416 e. The van der Waals surface area contributed by atoms with E-state index in [0.717, 1.165) is 24.1 Å². The molecule has 3 rings (SSSR count). The minimum Gasteiger partial charge on any atom is -0.387 e. The molecular formula is C14H11F3N4O2S. The number of fused-ring (bicyclic) bond motifs is 1. The quantitative estimate of drug-likeness (QED) is 0.750. The first-order chi connectivity index (χ1) is 11.4. The van der Waals surface area contributed by atoms with Crippen molar-refractivity contribution in [1.29, 1.82) is 0 Å². The van der Waals surface area contributed by atoms with Crippen LogP contribution in [0.2, 0.25) is 0 Å². The van der Waals surface area contributed by atoms with Crippen LogP contribution in [0, 0.1) is 0 Å². The lowest BCUT2D eigenvalue weighted by Gasteiger charge is -2.12. The van der Waals surface area contributed by atoms with Crippen LogP contribution >= 0.6 is 11.9 Å². The molecule has 0 amide bonds. The van der Waals surface area contributed by atoms with Crippen molar-refractivity contribution in [1.82, 2.24) is 18.9 Å². The molecule has 0 aliphatic carbocycles. The summed E-state index contributed by atoms with van der Waals surface area (Å²) in [5.41, 5.74) is -0.249. The van der Waals surface area contributed by atoms with Crippen LogP contribution in [0.25, 0.3) is 11.2 Å². The van der Waals surface area contributed by atoms with Crippen LogP contribution in [0.3, 0.4) is 0 Å². The van der Waals surface area contributed by atoms with Gasteiger partial charge in [0.1, 0.15) is 6.33 Å². The van der Waals surface area contributed by atoms with E-state index in [1.165, 1.54) is 28.8 Å². The maximum atomic E-state index is 12.5. The third-order valence-electron chi connectivity index (χ3n) is 3.30. The lowest BCUT2D eigenvalue weighted by atomic mass is 10.1. The number of hydrogen-bond acceptors (Lipinski definition) is 5. The Kier molecular flexibility index (Phi) is 4.33. The number of aromatic amines is 1. The highest BCUT2D eigenvalue weighted by molar-refractivity contribution is 7.98. The number of nitrogens with one attached hydrogen (secondary N) is 1. The summed E-state index contributed by atoms with van der Waals surface area (Å²) in [7, 11) is 0. The van der Waals surface area contributed by atoms with Crippen molar-refractivity contribution >= 4 is 23.1 Å². The number of benzene rings is 1. The Labute approximate surface area is 137 Å². The van der Waals surface area contributed by atoms with Gasteiger partial charge in [-0.3, -0.25) is 8.77 Å². The predicted octanol–water partition coefficient (Wildman–Crippen LogP) is 2.37. The van der Waals surface area contributed by atoms with Crippen LogP contribution in [0.4, 0.5) is 13.2 Å². The average molecular weight is 356 g/mol. The molecule has 24 heavy (non-hydrogen) atoms. The molecule has 0 bridgehead atoms. The number of alkyl halides is 3. The van der Waals surface area contributed by atoms with Gasteiger partial charge < -0.3 is 10.1 Å². The van der Waals surface area contributed by atoms with E-state index in [4.69, 9.17) is 0 Å². The van der Waals surface area contributed by atoms with Crippen LogP contribution < -0.4 is 5.56 Å². The third kappa shape index (κ3) is 3.29. The van der Waals surface area contributed by atoms with Gasteiger partial charge in [-0.2, -0.15) is 13.2 Å². The molecule has 2 aromatic heterocycles. The van der Waals surface area contributed by atoms with E-state index in [0.29, 0.717) is 11.2 Å². The summed E-state index contributed by atoms with van der Waals surface area (Å²) in [6.45, 7) is 0. The summed E-state index contributed by atoms with van der Waals surface area (Å²) in [5.74, 6) is 0.158. The fourth-order valence-electron chi connectivity index (χ4n) is 2.06. The molecule has 0 spiro atoms. The average Bonchev–Trinajstić information content (AvgIpc) is 2.96. The third-order valence-corrected chi connectivity index (χ3v) is 4.31. The van der Waals surface area contributed by atoms with E-state index in [2.05, 4.69) is 15.0 Å². The molecule has 3 aromatic rings. The minimum absolute atomic E-state index is 0.158. The second kappa shape index (κ2) is 6.29. The van der Waals surface area contributed by atoms with Crippen molar-refractivity contribution in [2.75, 3.05) is 5.75 Å². The second-order valence-electron chi connectivity index (χ2n) is 4.91. The Morgan fingerprint density at radius 3 is 2.62 bits per heavy atom. The maximum absolute atomic E-state index is 12.5. The van der Waals surface area contributed by atoms with E-state index >= 15 is 0 Å². The summed E-state index contributed by atoms with van der Waals surface area (Å²) >= 11 is 1.14. The van der Waals surface area contributed by atoms with E-state index in [1.54, 1.807) is 0 Å². The molecule has 0 saturated carbocycles. The first-order valence-corrected chi connectivity index (χ1v) is 7.70. The molecule has 0 saturated heterocycles. The largest absolute Gasteiger partial charge is 0.416 e. The van der Waals surface area contributed by atoms with Crippen LogP contribution in [-0.2, 0) is 6.18 Å². The summed E-state index contributed by atoms with van der Waals surface area (Å²) < 4.78 is 39.1. The van der Waals surface area contributed by atoms with Gasteiger partial charge in [0.2, 0.25) is 0 Å². The number of H-pyrrole nitrogens is 1. The van der Waals surface area contributed by atoms with E-state index in [-0.39, 0.29) is 16.8 Å². The second-order valence-corrected chi connectivity index (χ2v) is 5.89. The van der Waals surface area contributed by atoms with Gasteiger partial charge in [0.15, 0.2) is 11.2 Å². The number of rotatable bonds is 4. The van der Waals surface area contributed by atoms with Crippen LogP contribution in [-0.4, -0.2) is 29.8 Å². The van der Waals surface area contributed by atoms with Crippen LogP contribution in [0.1, 0.15) is 17.2 Å². The van der Waals surface area contributed by atoms with Gasteiger partial charge >= 0.3 is 6.18 Å². The van der Waals surface area contributed by atoms with Gasteiger partial charge in [-0.25, -0.2) is 9.97 Å². The molecule has 1 atom stereocenters. The van der Waals surface area contributed by atoms with E-state index in [9.17, 15) is 23.1 Å². The molecule has 0 radical (unpaired) electrons. The van der Waals surface area contributed by atoms with Crippen LogP contribution in [0.15, 0.2) is 41.7 Å². The molecule has 0 aliphatic rings. The smallest absolute Gasteiger partial charge is 0.387 e. The van der Waals surface area contributed by atoms with E-state index < -0.39 is 17.8 Å². The van der Waals surface area contributed by atoms with Crippen molar-refractivity contribution in [2.45, 2.75) is 12.3 Å². The number of aromatic nitrogens is 4. The highest BCUT2D eigenvalue weighted by atomic mass is 32.2. The monoisotopic (exact) mass is 356 g/mol. The fourth-order valence-corrected chi connectivity index (χ4v) is 2.93. The van der Waals surface area contributed by atoms with Gasteiger partial charge in [0.05, 0.1) is 18.0 Å². The zero-order valence-corrected chi connectivity index (χ0v) is 12.8. The normalized spacial score (nSPS) is 13.3. The van der Waals surface area contributed by atoms with Gasteiger partial charge in [0, 0.05) is 5.75 Å². The minimum atomic E-state index is -4.41. The number of halogens is 3. The number of imidazole rings is 1. The molecule has 2 N–H and O–H groups in total. The number of hydrogen-bond donors (Lipinski definition) is 2. The Bertz CT molecular complexity index is 905. The molecule has 1 aromatic carbocycles. The lowest BCUT2D eigenvalue weighted by molar-refractivity contribution is -0.137. The first-order valence-electron chi connectivity index (χ1n) is 6.75. The zero-order valence-electron chi connectivity index (χ0n) is 12.0. The zero-order chi connectivity index (χ0) is 17.3. The SMILES string of the molecule is O=c1[nH]cnc2c1ncn2SCC(O)c1ccc(C(F)(F)F)cc1. The Morgan fingerprint density at radius 1 is 1.25 bits per heavy atom. The van der Waals surface area contributed by atoms with Crippen molar-refractivity contribution < 1.29 is 18.3 Å². The molecule has 0 fully saturated rings. The fraction of sp³-hybridized carbons (Fsp3) is 0.214. The summed E-state index contributed by atoms with van der Waals surface area (Å²) in [6, 6.07) is 4.33. The molecular weight excluding hydrogens is 345 g/mol. The summed E-state index contributed by atoms with van der Waals surface area (Å²) in [6.07, 6.45) is -2.74. The molecule has 0 aliphatic heterocycles. The van der Waals surface area contributed by atoms with Crippen LogP contribution in [0.5, 0.6) is 0 Å². The highest BCUT2D eigenvalue weighted by Crippen LogP contribution is 2.30. The molecule has 126 valence electrons. The summed E-state index contributed by atoms with van der Waals surface area (Å²) in [5, 5.41) is 10.1. The summed E-state index contributed by atoms with van der Waals surface area (Å²) in [4.78, 5) is 21.9. The van der Waals surface area contributed by atoms with Gasteiger partial charge in [-0.05, 0) is 29.6 Å². The molecule has 6 nitrogen and oxygen atoms in total. The predicted molar refractivity (Wildman–Crippen MR) is 82.4 cm³/mol. The molecule has 10 heteroatoms. The van der Waals surface area contributed by atoms with E-state index in [1.807, 2.05) is 0 Å². The highest BCUT2D eigenvalue weighted by Gasteiger charge is 2.30. The van der Waals surface area contributed by atoms with Gasteiger partial charge in [0.25, 0.3) is 5.56 Å². The lowest BCUT2D eigenvalue weighted by Crippen LogP contribution is -2.08. The first kappa shape index (κ1) is 16.5. The van der Waals surface area contributed by atoms with Gasteiger partial charge in [-0.1, -0.05) is 12.1 Å². The van der Waals surface area contributed by atoms with Crippen molar-refractivity contribution in [3.05, 3.63) is 58.4 Å². The Morgan fingerprint density at radius 2 is 1.96 bits per heavy atom. The van der Waals surface area contributed by atoms with Crippen molar-refractivity contribution in [3.8, 4) is 0 Å². The number of nitrogens with zero attached hydrogens (tertiary/aromatic N) is 3. The van der Waals surface area contributed by atoms with Crippen molar-refractivity contribution in [2.24, 2.45) is 0 Å². The Hall–Kier alpha value is -2.33. The van der Waals surface area contributed by atoms with Gasteiger partial charge in [-0.15, -0.1) is 0 Å². The van der Waals surface area contributed by atoms with Crippen molar-refractivity contribution in [3.63, 3.8) is 0 Å². The topological polar surface area (TPSA) is 83.8 Å². The number of aliphatic hydroxyl groups is 1. The molecule has 2 heterocycles.